The Kier molecular flexibility index (Phi) is 3.01. The minimum atomic E-state index is -3.45. The summed E-state index contributed by atoms with van der Waals surface area (Å²) < 4.78 is 27.0. The van der Waals surface area contributed by atoms with Gasteiger partial charge in [0.05, 0.1) is 9.75 Å². The van der Waals surface area contributed by atoms with E-state index < -0.39 is 5.38 Å². The lowest BCUT2D eigenvalue weighted by Gasteiger charge is -2.06. The number of nitrogens with zero attached hydrogens (tertiary/aromatic N) is 2. The first-order valence-corrected chi connectivity index (χ1v) is 5.78. The number of carbonyl (C=O) groups is 1. The van der Waals surface area contributed by atoms with Crippen LogP contribution in [0.2, 0.25) is 0 Å². The quantitative estimate of drug-likeness (QED) is 0.637. The van der Waals surface area contributed by atoms with Crippen LogP contribution in [0.25, 0.3) is 10.6 Å². The van der Waals surface area contributed by atoms with Crippen molar-refractivity contribution in [3.8, 4) is 10.6 Å². The number of alkyl halides is 3. The van der Waals surface area contributed by atoms with Crippen molar-refractivity contribution in [2.75, 3.05) is 0 Å². The summed E-state index contributed by atoms with van der Waals surface area (Å²) in [6.07, 6.45) is 0.703. The number of thiophene rings is 1. The standard InChI is InChI=1S/C10H7ClF2N2OS/c1-15-9(10(11,12)13)4-7(14-15)8-3-2-6(5-16)17-8/h2-5H,1H3. The lowest BCUT2D eigenvalue weighted by atomic mass is 10.3. The first-order valence-electron chi connectivity index (χ1n) is 4.58. The summed E-state index contributed by atoms with van der Waals surface area (Å²) in [6, 6.07) is 4.49. The molecule has 0 aliphatic rings. The predicted octanol–water partition coefficient (Wildman–Crippen LogP) is 3.25. The number of aromatic nitrogens is 2. The molecule has 0 fully saturated rings. The Hall–Kier alpha value is -1.27. The molecule has 0 unspecified atom stereocenters. The normalized spacial score (nSPS) is 11.8. The molecule has 0 saturated carbocycles. The largest absolute Gasteiger partial charge is 0.364 e. The van der Waals surface area contributed by atoms with Gasteiger partial charge in [0.25, 0.3) is 0 Å². The van der Waals surface area contributed by atoms with Gasteiger partial charge in [0.1, 0.15) is 11.4 Å². The second-order valence-corrected chi connectivity index (χ2v) is 4.95. The first kappa shape index (κ1) is 12.2. The fourth-order valence-corrected chi connectivity index (χ4v) is 2.36. The third-order valence-electron chi connectivity index (χ3n) is 2.17. The molecule has 90 valence electrons. The SMILES string of the molecule is Cn1nc(-c2ccc(C=O)s2)cc1C(F)(F)Cl. The minimum absolute atomic E-state index is 0.376. The summed E-state index contributed by atoms with van der Waals surface area (Å²) >= 11 is 6.14. The van der Waals surface area contributed by atoms with Crippen molar-refractivity contribution in [1.82, 2.24) is 9.78 Å². The van der Waals surface area contributed by atoms with Gasteiger partial charge < -0.3 is 0 Å². The smallest absolute Gasteiger partial charge is 0.297 e. The summed E-state index contributed by atoms with van der Waals surface area (Å²) in [6.45, 7) is 0. The molecule has 0 saturated heterocycles. The van der Waals surface area contributed by atoms with E-state index in [1.807, 2.05) is 0 Å². The average Bonchev–Trinajstić information content (AvgIpc) is 2.81. The van der Waals surface area contributed by atoms with Crippen molar-refractivity contribution in [1.29, 1.82) is 0 Å². The van der Waals surface area contributed by atoms with Gasteiger partial charge >= 0.3 is 5.38 Å². The van der Waals surface area contributed by atoms with Crippen molar-refractivity contribution in [2.24, 2.45) is 7.05 Å². The molecule has 0 N–H and O–H groups in total. The van der Waals surface area contributed by atoms with Crippen molar-refractivity contribution in [2.45, 2.75) is 5.38 Å². The number of hydrogen-bond donors (Lipinski definition) is 0. The summed E-state index contributed by atoms with van der Waals surface area (Å²) in [5.74, 6) is 0. The number of hydrogen-bond acceptors (Lipinski definition) is 3. The molecule has 2 aromatic rings. The number of carbonyl (C=O) groups excluding carboxylic acids is 1. The highest BCUT2D eigenvalue weighted by atomic mass is 35.5. The molecule has 0 radical (unpaired) electrons. The molecule has 0 aromatic carbocycles. The van der Waals surface area contributed by atoms with Crippen LogP contribution in [0.4, 0.5) is 8.78 Å². The van der Waals surface area contributed by atoms with Gasteiger partial charge in [0.2, 0.25) is 0 Å². The zero-order chi connectivity index (χ0) is 12.6. The van der Waals surface area contributed by atoms with Crippen LogP contribution in [-0.4, -0.2) is 16.1 Å². The Balaban J connectivity index is 2.44. The van der Waals surface area contributed by atoms with Gasteiger partial charge in [0, 0.05) is 7.05 Å². The first-order chi connectivity index (χ1) is 7.91. The van der Waals surface area contributed by atoms with Gasteiger partial charge in [-0.25, -0.2) is 0 Å². The molecular weight excluding hydrogens is 270 g/mol. The minimum Gasteiger partial charge on any atom is -0.297 e. The summed E-state index contributed by atoms with van der Waals surface area (Å²) in [7, 11) is 1.39. The Morgan fingerprint density at radius 1 is 1.53 bits per heavy atom. The lowest BCUT2D eigenvalue weighted by molar-refractivity contribution is 0.0852. The van der Waals surface area contributed by atoms with E-state index in [9.17, 15) is 13.6 Å². The molecule has 3 nitrogen and oxygen atoms in total. The lowest BCUT2D eigenvalue weighted by Crippen LogP contribution is -2.10. The fourth-order valence-electron chi connectivity index (χ4n) is 1.41. The van der Waals surface area contributed by atoms with Crippen LogP contribution >= 0.6 is 22.9 Å². The Labute approximate surface area is 105 Å². The van der Waals surface area contributed by atoms with Gasteiger partial charge in [-0.3, -0.25) is 9.48 Å². The van der Waals surface area contributed by atoms with Crippen LogP contribution in [-0.2, 0) is 12.4 Å². The predicted molar refractivity (Wildman–Crippen MR) is 61.7 cm³/mol. The molecular formula is C10H7ClF2N2OS. The third-order valence-corrected chi connectivity index (χ3v) is 3.39. The maximum atomic E-state index is 13.0. The Morgan fingerprint density at radius 3 is 2.71 bits per heavy atom. The molecule has 0 spiro atoms. The molecule has 17 heavy (non-hydrogen) atoms. The van der Waals surface area contributed by atoms with Gasteiger partial charge in [0.15, 0.2) is 6.29 Å². The Bertz CT molecular complexity index is 559. The summed E-state index contributed by atoms with van der Waals surface area (Å²) in [5.41, 5.74) is -0.00357. The summed E-state index contributed by atoms with van der Waals surface area (Å²) in [4.78, 5) is 11.7. The molecule has 7 heteroatoms. The van der Waals surface area contributed by atoms with Gasteiger partial charge in [-0.2, -0.15) is 13.9 Å². The van der Waals surface area contributed by atoms with Crippen LogP contribution < -0.4 is 0 Å². The molecule has 2 heterocycles. The van der Waals surface area contributed by atoms with Crippen LogP contribution in [0.1, 0.15) is 15.4 Å². The monoisotopic (exact) mass is 276 g/mol. The van der Waals surface area contributed by atoms with Crippen molar-refractivity contribution >= 4 is 29.2 Å². The van der Waals surface area contributed by atoms with E-state index in [0.29, 0.717) is 21.7 Å². The van der Waals surface area contributed by atoms with Crippen LogP contribution in [0.5, 0.6) is 0 Å². The fraction of sp³-hybridized carbons (Fsp3) is 0.200. The second-order valence-electron chi connectivity index (χ2n) is 3.36. The Morgan fingerprint density at radius 2 is 2.24 bits per heavy atom. The highest BCUT2D eigenvalue weighted by Crippen LogP contribution is 2.35. The highest BCUT2D eigenvalue weighted by molar-refractivity contribution is 7.17. The molecule has 0 amide bonds. The van der Waals surface area contributed by atoms with Crippen LogP contribution in [0.15, 0.2) is 18.2 Å². The highest BCUT2D eigenvalue weighted by Gasteiger charge is 2.32. The number of aldehydes is 1. The summed E-state index contributed by atoms with van der Waals surface area (Å²) in [5, 5.41) is 0.488. The van der Waals surface area contributed by atoms with Gasteiger partial charge in [-0.15, -0.1) is 11.3 Å². The van der Waals surface area contributed by atoms with E-state index in [0.717, 1.165) is 4.68 Å². The molecule has 2 aromatic heterocycles. The van der Waals surface area contributed by atoms with E-state index in [-0.39, 0.29) is 5.69 Å². The second kappa shape index (κ2) is 4.19. The maximum Gasteiger partial charge on any atom is 0.364 e. The van der Waals surface area contributed by atoms with E-state index in [1.165, 1.54) is 24.5 Å². The van der Waals surface area contributed by atoms with Crippen molar-refractivity contribution < 1.29 is 13.6 Å². The zero-order valence-corrected chi connectivity index (χ0v) is 10.2. The number of halogens is 3. The number of aryl methyl sites for hydroxylation is 1. The average molecular weight is 277 g/mol. The molecule has 0 aliphatic heterocycles. The van der Waals surface area contributed by atoms with Crippen LogP contribution in [0, 0.1) is 0 Å². The molecule has 2 rings (SSSR count). The van der Waals surface area contributed by atoms with E-state index in [2.05, 4.69) is 5.10 Å². The van der Waals surface area contributed by atoms with Crippen LogP contribution in [0.3, 0.4) is 0 Å². The third kappa shape index (κ3) is 2.37. The van der Waals surface area contributed by atoms with E-state index in [1.54, 1.807) is 12.1 Å². The molecule has 0 bridgehead atoms. The van der Waals surface area contributed by atoms with E-state index >= 15 is 0 Å². The van der Waals surface area contributed by atoms with E-state index in [4.69, 9.17) is 11.6 Å². The topological polar surface area (TPSA) is 34.9 Å². The van der Waals surface area contributed by atoms with Crippen molar-refractivity contribution in [3.05, 3.63) is 28.8 Å². The molecule has 0 atom stereocenters. The number of rotatable bonds is 3. The van der Waals surface area contributed by atoms with Gasteiger partial charge in [-0.1, -0.05) is 0 Å². The van der Waals surface area contributed by atoms with Crippen molar-refractivity contribution in [3.63, 3.8) is 0 Å². The maximum absolute atomic E-state index is 13.0. The van der Waals surface area contributed by atoms with Gasteiger partial charge in [-0.05, 0) is 29.8 Å². The molecule has 0 aliphatic carbocycles. The zero-order valence-electron chi connectivity index (χ0n) is 8.65.